The minimum absolute atomic E-state index is 0.176. The number of rotatable bonds is 6. The summed E-state index contributed by atoms with van der Waals surface area (Å²) in [5.41, 5.74) is 3.98. The number of hydrogen-bond acceptors (Lipinski definition) is 4. The molecule has 0 saturated carbocycles. The highest BCUT2D eigenvalue weighted by Gasteiger charge is 2.20. The minimum atomic E-state index is -0.176. The van der Waals surface area contributed by atoms with Crippen LogP contribution in [-0.4, -0.2) is 5.11 Å². The Kier molecular flexibility index (Phi) is 6.13. The normalized spacial score (nSPS) is 11.6. The highest BCUT2D eigenvalue weighted by molar-refractivity contribution is 5.58. The summed E-state index contributed by atoms with van der Waals surface area (Å²) in [5, 5.41) is 19.4. The van der Waals surface area contributed by atoms with Crippen LogP contribution in [0, 0.1) is 0 Å². The molecule has 4 nitrogen and oxygen atoms in total. The van der Waals surface area contributed by atoms with Gasteiger partial charge >= 0.3 is 0 Å². The molecule has 0 fully saturated rings. The first kappa shape index (κ1) is 20.3. The molecule has 0 heterocycles. The molecule has 0 radical (unpaired) electrons. The van der Waals surface area contributed by atoms with Gasteiger partial charge in [0.15, 0.2) is 11.5 Å². The van der Waals surface area contributed by atoms with Crippen molar-refractivity contribution in [2.75, 3.05) is 0 Å². The number of phenolic OH excluding ortho intramolecular Hbond substituents is 1. The summed E-state index contributed by atoms with van der Waals surface area (Å²) in [5.74, 6) is 0.631. The van der Waals surface area contributed by atoms with Gasteiger partial charge < -0.3 is 9.84 Å². The van der Waals surface area contributed by atoms with Crippen LogP contribution in [-0.2, 0) is 12.0 Å². The summed E-state index contributed by atoms with van der Waals surface area (Å²) in [6, 6.07) is 21.0. The van der Waals surface area contributed by atoms with Gasteiger partial charge in [-0.2, -0.15) is 10.2 Å². The van der Waals surface area contributed by atoms with Crippen molar-refractivity contribution in [3.63, 3.8) is 0 Å². The van der Waals surface area contributed by atoms with Gasteiger partial charge in [0.1, 0.15) is 6.61 Å². The summed E-state index contributed by atoms with van der Waals surface area (Å²) in [6.07, 6.45) is 1.77. The fraction of sp³-hybridized carbons (Fsp3) is 0.200. The Morgan fingerprint density at radius 2 is 1.72 bits per heavy atom. The lowest BCUT2D eigenvalue weighted by molar-refractivity contribution is 0.286. The standard InChI is InChI=1S/C25H26N2O2/c1-5-18-14-15-19(22(16-18)27-26-20-10-7-6-8-11-20)17-29-23-13-9-12-21(24(23)28)25(2,3)4/h5-16,28H,1,17H2,2-4H3. The second-order valence-corrected chi connectivity index (χ2v) is 7.82. The Hall–Kier alpha value is -3.40. The predicted molar refractivity (Wildman–Crippen MR) is 118 cm³/mol. The van der Waals surface area contributed by atoms with E-state index in [1.165, 1.54) is 0 Å². The molecule has 3 rings (SSSR count). The van der Waals surface area contributed by atoms with Crippen molar-refractivity contribution in [1.29, 1.82) is 0 Å². The van der Waals surface area contributed by atoms with Gasteiger partial charge in [-0.05, 0) is 35.2 Å². The van der Waals surface area contributed by atoms with Crippen molar-refractivity contribution in [1.82, 2.24) is 0 Å². The number of benzene rings is 3. The molecule has 0 unspecified atom stereocenters. The SMILES string of the molecule is C=Cc1ccc(COc2cccc(C(C)(C)C)c2O)c(N=Nc2ccccc2)c1. The number of phenols is 1. The number of ether oxygens (including phenoxy) is 1. The molecule has 4 heteroatoms. The predicted octanol–water partition coefficient (Wildman–Crippen LogP) is 7.33. The average molecular weight is 386 g/mol. The van der Waals surface area contributed by atoms with Crippen molar-refractivity contribution in [2.45, 2.75) is 32.8 Å². The smallest absolute Gasteiger partial charge is 0.161 e. The zero-order valence-electron chi connectivity index (χ0n) is 17.1. The third-order valence-corrected chi connectivity index (χ3v) is 4.56. The third kappa shape index (κ3) is 5.11. The van der Waals surface area contributed by atoms with Crippen LogP contribution in [0.3, 0.4) is 0 Å². The topological polar surface area (TPSA) is 54.2 Å². The molecule has 148 valence electrons. The van der Waals surface area contributed by atoms with E-state index in [0.717, 1.165) is 22.4 Å². The summed E-state index contributed by atoms with van der Waals surface area (Å²) < 4.78 is 5.95. The van der Waals surface area contributed by atoms with Crippen LogP contribution in [0.1, 0.15) is 37.5 Å². The number of hydrogen-bond donors (Lipinski definition) is 1. The largest absolute Gasteiger partial charge is 0.504 e. The lowest BCUT2D eigenvalue weighted by Gasteiger charge is -2.21. The molecule has 1 N–H and O–H groups in total. The van der Waals surface area contributed by atoms with Gasteiger partial charge in [-0.1, -0.05) is 75.9 Å². The molecular formula is C25H26N2O2. The maximum Gasteiger partial charge on any atom is 0.161 e. The highest BCUT2D eigenvalue weighted by Crippen LogP contribution is 2.38. The second-order valence-electron chi connectivity index (χ2n) is 7.82. The molecule has 0 bridgehead atoms. The summed E-state index contributed by atoms with van der Waals surface area (Å²) in [4.78, 5) is 0. The Morgan fingerprint density at radius 3 is 2.41 bits per heavy atom. The fourth-order valence-corrected chi connectivity index (χ4v) is 2.93. The molecule has 0 saturated heterocycles. The van der Waals surface area contributed by atoms with Crippen molar-refractivity contribution in [3.05, 3.63) is 90.0 Å². The number of azo groups is 1. The van der Waals surface area contributed by atoms with Crippen LogP contribution in [0.15, 0.2) is 83.5 Å². The quantitative estimate of drug-likeness (QED) is 0.451. The van der Waals surface area contributed by atoms with E-state index in [1.807, 2.05) is 60.7 Å². The molecule has 0 aliphatic carbocycles. The Morgan fingerprint density at radius 1 is 0.966 bits per heavy atom. The summed E-state index contributed by atoms with van der Waals surface area (Å²) >= 11 is 0. The zero-order chi connectivity index (χ0) is 20.9. The average Bonchev–Trinajstić information content (AvgIpc) is 2.71. The van der Waals surface area contributed by atoms with E-state index in [2.05, 4.69) is 37.6 Å². The summed E-state index contributed by atoms with van der Waals surface area (Å²) in [7, 11) is 0. The Balaban J connectivity index is 1.86. The van der Waals surface area contributed by atoms with Crippen molar-refractivity contribution < 1.29 is 9.84 Å². The van der Waals surface area contributed by atoms with Crippen molar-refractivity contribution in [2.24, 2.45) is 10.2 Å². The third-order valence-electron chi connectivity index (χ3n) is 4.56. The van der Waals surface area contributed by atoms with Gasteiger partial charge in [0.25, 0.3) is 0 Å². The van der Waals surface area contributed by atoms with Gasteiger partial charge in [0.2, 0.25) is 0 Å². The fourth-order valence-electron chi connectivity index (χ4n) is 2.93. The van der Waals surface area contributed by atoms with E-state index in [-0.39, 0.29) is 17.8 Å². The zero-order valence-corrected chi connectivity index (χ0v) is 17.1. The first-order chi connectivity index (χ1) is 13.9. The minimum Gasteiger partial charge on any atom is -0.504 e. The molecule has 0 spiro atoms. The molecule has 0 atom stereocenters. The lowest BCUT2D eigenvalue weighted by Crippen LogP contribution is -2.11. The molecule has 3 aromatic carbocycles. The van der Waals surface area contributed by atoms with E-state index in [1.54, 1.807) is 12.1 Å². The summed E-state index contributed by atoms with van der Waals surface area (Å²) in [6.45, 7) is 10.3. The molecule has 0 aliphatic heterocycles. The molecular weight excluding hydrogens is 360 g/mol. The number of nitrogens with zero attached hydrogens (tertiary/aromatic N) is 2. The van der Waals surface area contributed by atoms with Crippen LogP contribution < -0.4 is 4.74 Å². The first-order valence-corrected chi connectivity index (χ1v) is 9.56. The van der Waals surface area contributed by atoms with E-state index < -0.39 is 0 Å². The van der Waals surface area contributed by atoms with Gasteiger partial charge in [-0.25, -0.2) is 0 Å². The maximum absolute atomic E-state index is 10.6. The van der Waals surface area contributed by atoms with Crippen molar-refractivity contribution in [3.8, 4) is 11.5 Å². The van der Waals surface area contributed by atoms with Crippen LogP contribution in [0.5, 0.6) is 11.5 Å². The molecule has 29 heavy (non-hydrogen) atoms. The first-order valence-electron chi connectivity index (χ1n) is 9.56. The van der Waals surface area contributed by atoms with E-state index in [0.29, 0.717) is 11.4 Å². The van der Waals surface area contributed by atoms with Crippen LogP contribution in [0.2, 0.25) is 0 Å². The molecule has 0 aliphatic rings. The Bertz CT molecular complexity index is 1020. The van der Waals surface area contributed by atoms with Crippen molar-refractivity contribution >= 4 is 17.5 Å². The highest BCUT2D eigenvalue weighted by atomic mass is 16.5. The van der Waals surface area contributed by atoms with Gasteiger partial charge in [0.05, 0.1) is 11.4 Å². The number of para-hydroxylation sites is 1. The molecule has 3 aromatic rings. The number of aromatic hydroxyl groups is 1. The van der Waals surface area contributed by atoms with Gasteiger partial charge in [0, 0.05) is 11.1 Å². The maximum atomic E-state index is 10.6. The Labute approximate surface area is 172 Å². The van der Waals surface area contributed by atoms with E-state index in [9.17, 15) is 5.11 Å². The van der Waals surface area contributed by atoms with Crippen LogP contribution in [0.4, 0.5) is 11.4 Å². The molecule has 0 amide bonds. The second kappa shape index (κ2) is 8.74. The van der Waals surface area contributed by atoms with Crippen LogP contribution in [0.25, 0.3) is 6.08 Å². The van der Waals surface area contributed by atoms with Gasteiger partial charge in [-0.3, -0.25) is 0 Å². The molecule has 0 aromatic heterocycles. The van der Waals surface area contributed by atoms with Crippen LogP contribution >= 0.6 is 0 Å². The lowest BCUT2D eigenvalue weighted by atomic mass is 9.86. The monoisotopic (exact) mass is 386 g/mol. The van der Waals surface area contributed by atoms with E-state index >= 15 is 0 Å². The van der Waals surface area contributed by atoms with E-state index in [4.69, 9.17) is 4.74 Å². The van der Waals surface area contributed by atoms with Gasteiger partial charge in [-0.15, -0.1) is 0 Å².